The number of rotatable bonds is 9. The molecule has 0 saturated carbocycles. The van der Waals surface area contributed by atoms with E-state index in [1.807, 2.05) is 60.7 Å². The second-order valence-corrected chi connectivity index (χ2v) is 7.88. The molecule has 35 heavy (non-hydrogen) atoms. The molecule has 0 aliphatic rings. The molecule has 176 valence electrons. The van der Waals surface area contributed by atoms with Gasteiger partial charge in [0.2, 0.25) is 0 Å². The summed E-state index contributed by atoms with van der Waals surface area (Å²) < 4.78 is 11.5. The van der Waals surface area contributed by atoms with E-state index in [1.54, 1.807) is 55.5 Å². The standard InChI is InChI=1S/C29H26N2O4/c1-21(28(32)31-24-14-18-27(19-15-24)35-25-10-6-3-7-11-25)34-26-16-12-23(13-17-26)29(33)30-20-22-8-4-2-5-9-22/h2-19,21H,20H2,1H3,(H,30,33)(H,31,32). The van der Waals surface area contributed by atoms with Gasteiger partial charge in [-0.3, -0.25) is 9.59 Å². The maximum atomic E-state index is 12.6. The van der Waals surface area contributed by atoms with Crippen molar-refractivity contribution in [3.05, 3.63) is 120 Å². The fourth-order valence-corrected chi connectivity index (χ4v) is 3.30. The Morgan fingerprint density at radius 2 is 1.29 bits per heavy atom. The SMILES string of the molecule is CC(Oc1ccc(C(=O)NCc2ccccc2)cc1)C(=O)Nc1ccc(Oc2ccccc2)cc1. The minimum Gasteiger partial charge on any atom is -0.481 e. The van der Waals surface area contributed by atoms with Crippen molar-refractivity contribution in [2.75, 3.05) is 5.32 Å². The van der Waals surface area contributed by atoms with E-state index in [2.05, 4.69) is 10.6 Å². The third kappa shape index (κ3) is 6.95. The Morgan fingerprint density at radius 3 is 1.94 bits per heavy atom. The second kappa shape index (κ2) is 11.5. The van der Waals surface area contributed by atoms with Crippen molar-refractivity contribution in [1.29, 1.82) is 0 Å². The summed E-state index contributed by atoms with van der Waals surface area (Å²) in [5.41, 5.74) is 2.18. The Morgan fingerprint density at radius 1 is 0.714 bits per heavy atom. The normalized spacial score (nSPS) is 11.2. The number of hydrogen-bond acceptors (Lipinski definition) is 4. The Hall–Kier alpha value is -4.58. The highest BCUT2D eigenvalue weighted by molar-refractivity contribution is 5.95. The summed E-state index contributed by atoms with van der Waals surface area (Å²) in [4.78, 5) is 24.9. The second-order valence-electron chi connectivity index (χ2n) is 7.88. The van der Waals surface area contributed by atoms with Crippen molar-refractivity contribution in [3.63, 3.8) is 0 Å². The Labute approximate surface area is 204 Å². The summed E-state index contributed by atoms with van der Waals surface area (Å²) in [6.07, 6.45) is -0.729. The summed E-state index contributed by atoms with van der Waals surface area (Å²) in [5, 5.41) is 5.72. The van der Waals surface area contributed by atoms with Crippen LogP contribution >= 0.6 is 0 Å². The van der Waals surface area contributed by atoms with Crippen LogP contribution in [-0.2, 0) is 11.3 Å². The van der Waals surface area contributed by atoms with Crippen LogP contribution in [0.4, 0.5) is 5.69 Å². The van der Waals surface area contributed by atoms with E-state index < -0.39 is 6.10 Å². The molecule has 4 rings (SSSR count). The van der Waals surface area contributed by atoms with Gasteiger partial charge in [0.15, 0.2) is 6.10 Å². The minimum absolute atomic E-state index is 0.175. The van der Waals surface area contributed by atoms with Crippen LogP contribution in [-0.4, -0.2) is 17.9 Å². The van der Waals surface area contributed by atoms with Gasteiger partial charge in [0.1, 0.15) is 17.2 Å². The molecule has 0 radical (unpaired) electrons. The fourth-order valence-electron chi connectivity index (χ4n) is 3.30. The first kappa shape index (κ1) is 23.6. The highest BCUT2D eigenvalue weighted by atomic mass is 16.5. The van der Waals surface area contributed by atoms with Gasteiger partial charge in [0.05, 0.1) is 0 Å². The van der Waals surface area contributed by atoms with Crippen LogP contribution < -0.4 is 20.1 Å². The number of ether oxygens (including phenoxy) is 2. The smallest absolute Gasteiger partial charge is 0.265 e. The summed E-state index contributed by atoms with van der Waals surface area (Å²) >= 11 is 0. The van der Waals surface area contributed by atoms with Crippen molar-refractivity contribution in [1.82, 2.24) is 5.32 Å². The van der Waals surface area contributed by atoms with E-state index in [0.29, 0.717) is 29.3 Å². The summed E-state index contributed by atoms with van der Waals surface area (Å²) in [6.45, 7) is 2.12. The number of para-hydroxylation sites is 1. The Balaban J connectivity index is 1.26. The molecular formula is C29H26N2O4. The number of carbonyl (C=O) groups excluding carboxylic acids is 2. The van der Waals surface area contributed by atoms with Crippen LogP contribution in [0, 0.1) is 0 Å². The highest BCUT2D eigenvalue weighted by Gasteiger charge is 2.15. The largest absolute Gasteiger partial charge is 0.481 e. The molecule has 6 heteroatoms. The number of nitrogens with one attached hydrogen (secondary N) is 2. The maximum absolute atomic E-state index is 12.6. The quantitative estimate of drug-likeness (QED) is 0.326. The molecule has 1 atom stereocenters. The molecule has 2 N–H and O–H groups in total. The van der Waals surface area contributed by atoms with Crippen molar-refractivity contribution in [2.24, 2.45) is 0 Å². The topological polar surface area (TPSA) is 76.7 Å². The lowest BCUT2D eigenvalue weighted by Gasteiger charge is -2.15. The zero-order chi connectivity index (χ0) is 24.5. The first-order valence-corrected chi connectivity index (χ1v) is 11.3. The Kier molecular flexibility index (Phi) is 7.76. The number of hydrogen-bond donors (Lipinski definition) is 2. The average Bonchev–Trinajstić information content (AvgIpc) is 2.90. The third-order valence-corrected chi connectivity index (χ3v) is 5.20. The molecule has 0 spiro atoms. The molecule has 0 aliphatic heterocycles. The molecule has 2 amide bonds. The van der Waals surface area contributed by atoms with E-state index in [0.717, 1.165) is 11.3 Å². The van der Waals surface area contributed by atoms with Crippen molar-refractivity contribution < 1.29 is 19.1 Å². The van der Waals surface area contributed by atoms with Gasteiger partial charge in [-0.2, -0.15) is 0 Å². The minimum atomic E-state index is -0.729. The van der Waals surface area contributed by atoms with Crippen molar-refractivity contribution in [3.8, 4) is 17.2 Å². The maximum Gasteiger partial charge on any atom is 0.265 e. The highest BCUT2D eigenvalue weighted by Crippen LogP contribution is 2.23. The monoisotopic (exact) mass is 466 g/mol. The first-order valence-electron chi connectivity index (χ1n) is 11.3. The molecule has 4 aromatic rings. The lowest BCUT2D eigenvalue weighted by Crippen LogP contribution is -2.30. The molecular weight excluding hydrogens is 440 g/mol. The van der Waals surface area contributed by atoms with Crippen LogP contribution in [0.25, 0.3) is 0 Å². The summed E-state index contributed by atoms with van der Waals surface area (Å²) in [7, 11) is 0. The van der Waals surface area contributed by atoms with Crippen LogP contribution in [0.5, 0.6) is 17.2 Å². The molecule has 0 saturated heterocycles. The fraction of sp³-hybridized carbons (Fsp3) is 0.103. The number of amides is 2. The van der Waals surface area contributed by atoms with E-state index >= 15 is 0 Å². The van der Waals surface area contributed by atoms with Gasteiger partial charge in [-0.05, 0) is 73.2 Å². The molecule has 0 fully saturated rings. The van der Waals surface area contributed by atoms with Gasteiger partial charge in [-0.1, -0.05) is 48.5 Å². The first-order chi connectivity index (χ1) is 17.1. The predicted octanol–water partition coefficient (Wildman–Crippen LogP) is 5.81. The summed E-state index contributed by atoms with van der Waals surface area (Å²) in [5.74, 6) is 1.45. The molecule has 1 unspecified atom stereocenters. The molecule has 0 aliphatic carbocycles. The number of benzene rings is 4. The molecule has 4 aromatic carbocycles. The molecule has 6 nitrogen and oxygen atoms in total. The summed E-state index contributed by atoms with van der Waals surface area (Å²) in [6, 6.07) is 33.0. The third-order valence-electron chi connectivity index (χ3n) is 5.20. The Bertz CT molecular complexity index is 1240. The number of anilines is 1. The van der Waals surface area contributed by atoms with Gasteiger partial charge < -0.3 is 20.1 Å². The lowest BCUT2D eigenvalue weighted by atomic mass is 10.2. The predicted molar refractivity (Wildman–Crippen MR) is 136 cm³/mol. The van der Waals surface area contributed by atoms with E-state index in [1.165, 1.54) is 0 Å². The van der Waals surface area contributed by atoms with Crippen LogP contribution in [0.1, 0.15) is 22.8 Å². The number of carbonyl (C=O) groups is 2. The van der Waals surface area contributed by atoms with Gasteiger partial charge in [0, 0.05) is 17.8 Å². The van der Waals surface area contributed by atoms with Gasteiger partial charge in [-0.15, -0.1) is 0 Å². The van der Waals surface area contributed by atoms with Gasteiger partial charge in [-0.25, -0.2) is 0 Å². The van der Waals surface area contributed by atoms with Crippen LogP contribution in [0.2, 0.25) is 0 Å². The van der Waals surface area contributed by atoms with Crippen LogP contribution in [0.3, 0.4) is 0 Å². The van der Waals surface area contributed by atoms with E-state index in [4.69, 9.17) is 9.47 Å². The van der Waals surface area contributed by atoms with E-state index in [9.17, 15) is 9.59 Å². The zero-order valence-corrected chi connectivity index (χ0v) is 19.3. The van der Waals surface area contributed by atoms with Crippen molar-refractivity contribution in [2.45, 2.75) is 19.6 Å². The molecule has 0 aromatic heterocycles. The van der Waals surface area contributed by atoms with Crippen LogP contribution in [0.15, 0.2) is 109 Å². The van der Waals surface area contributed by atoms with E-state index in [-0.39, 0.29) is 11.8 Å². The zero-order valence-electron chi connectivity index (χ0n) is 19.3. The molecule has 0 heterocycles. The molecule has 0 bridgehead atoms. The van der Waals surface area contributed by atoms with Gasteiger partial charge >= 0.3 is 0 Å². The lowest BCUT2D eigenvalue weighted by molar-refractivity contribution is -0.122. The van der Waals surface area contributed by atoms with Gasteiger partial charge in [0.25, 0.3) is 11.8 Å². The average molecular weight is 467 g/mol. The van der Waals surface area contributed by atoms with Crippen molar-refractivity contribution >= 4 is 17.5 Å².